The summed E-state index contributed by atoms with van der Waals surface area (Å²) in [6.45, 7) is 3.42. The van der Waals surface area contributed by atoms with Gasteiger partial charge in [0, 0.05) is 18.9 Å². The molecule has 3 unspecified atom stereocenters. The Labute approximate surface area is 271 Å². The highest BCUT2D eigenvalue weighted by Crippen LogP contribution is 2.44. The monoisotopic (exact) mass is 684 g/mol. The number of amides is 1. The number of halogens is 6. The molecule has 1 aromatic heterocycles. The lowest BCUT2D eigenvalue weighted by molar-refractivity contribution is -0.143. The van der Waals surface area contributed by atoms with Crippen molar-refractivity contribution in [3.8, 4) is 11.5 Å². The Morgan fingerprint density at radius 3 is 2.25 bits per heavy atom. The van der Waals surface area contributed by atoms with E-state index in [1.165, 1.54) is 18.2 Å². The minimum Gasteiger partial charge on any atom is -0.497 e. The van der Waals surface area contributed by atoms with Crippen LogP contribution < -0.4 is 20.1 Å². The normalized spacial score (nSPS) is 17.9. The first-order valence-corrected chi connectivity index (χ1v) is 15.0. The highest BCUT2D eigenvalue weighted by molar-refractivity contribution is 5.91. The van der Waals surface area contributed by atoms with Crippen LogP contribution in [0.5, 0.6) is 11.5 Å². The highest BCUT2D eigenvalue weighted by atomic mass is 19.4. The molecule has 0 fully saturated rings. The minimum atomic E-state index is -5.07. The van der Waals surface area contributed by atoms with Gasteiger partial charge in [0.05, 0.1) is 61.0 Å². The average molecular weight is 685 g/mol. The summed E-state index contributed by atoms with van der Waals surface area (Å²) in [6, 6.07) is 4.69. The Kier molecular flexibility index (Phi) is 11.1. The molecule has 1 aliphatic rings. The van der Waals surface area contributed by atoms with E-state index in [9.17, 15) is 35.9 Å². The van der Waals surface area contributed by atoms with Crippen LogP contribution in [0.25, 0.3) is 0 Å². The van der Waals surface area contributed by atoms with E-state index in [2.05, 4.69) is 9.97 Å². The van der Waals surface area contributed by atoms with Gasteiger partial charge in [-0.2, -0.15) is 26.3 Å². The number of carboxylic acid groups (broad SMARTS) is 1. The predicted molar refractivity (Wildman–Crippen MR) is 160 cm³/mol. The second-order valence-corrected chi connectivity index (χ2v) is 11.0. The van der Waals surface area contributed by atoms with Crippen molar-refractivity contribution in [2.75, 3.05) is 25.2 Å². The predicted octanol–water partition coefficient (Wildman–Crippen LogP) is 6.57. The Morgan fingerprint density at radius 1 is 1.02 bits per heavy atom. The molecule has 0 aliphatic carbocycles. The van der Waals surface area contributed by atoms with Crippen molar-refractivity contribution in [2.45, 2.75) is 69.9 Å². The van der Waals surface area contributed by atoms with Crippen LogP contribution >= 0.6 is 0 Å². The van der Waals surface area contributed by atoms with Gasteiger partial charge in [0.15, 0.2) is 5.75 Å². The van der Waals surface area contributed by atoms with Gasteiger partial charge in [-0.1, -0.05) is 6.92 Å². The summed E-state index contributed by atoms with van der Waals surface area (Å²) in [5.74, 6) is -1.50. The molecule has 16 heteroatoms. The molecule has 0 spiro atoms. The average Bonchev–Trinajstić information content (AvgIpc) is 3.01. The smallest absolute Gasteiger partial charge is 0.416 e. The molecule has 10 nitrogen and oxygen atoms in total. The SMILES string of the molecule is CCOC(=O)N1c2ccc(OC)cc2C(c2ncc(OCCCC(=O)O)c(Cc3cc(C(F)(F)F)cc(C(F)(F)F)c3)n2)C(N)C1CC. The van der Waals surface area contributed by atoms with E-state index in [4.69, 9.17) is 25.1 Å². The molecular weight excluding hydrogens is 650 g/mol. The van der Waals surface area contributed by atoms with Crippen LogP contribution in [0.1, 0.15) is 72.8 Å². The van der Waals surface area contributed by atoms with Crippen LogP contribution in [0.15, 0.2) is 42.6 Å². The molecule has 4 rings (SSSR count). The number of aliphatic carboxylic acids is 1. The van der Waals surface area contributed by atoms with E-state index < -0.39 is 60.0 Å². The Hall–Kier alpha value is -4.60. The zero-order valence-electron chi connectivity index (χ0n) is 26.2. The number of hydrogen-bond acceptors (Lipinski definition) is 8. The van der Waals surface area contributed by atoms with Gasteiger partial charge in [-0.15, -0.1) is 0 Å². The first-order valence-electron chi connectivity index (χ1n) is 15.0. The maximum absolute atomic E-state index is 13.7. The van der Waals surface area contributed by atoms with Crippen molar-refractivity contribution < 1.29 is 55.2 Å². The molecule has 3 N–H and O–H groups in total. The van der Waals surface area contributed by atoms with Crippen molar-refractivity contribution in [1.82, 2.24) is 9.97 Å². The number of methoxy groups -OCH3 is 1. The summed E-state index contributed by atoms with van der Waals surface area (Å²) in [4.78, 5) is 34.6. The molecule has 3 atom stereocenters. The fraction of sp³-hybridized carbons (Fsp3) is 0.438. The number of carboxylic acids is 1. The fourth-order valence-electron chi connectivity index (χ4n) is 5.64. The summed E-state index contributed by atoms with van der Waals surface area (Å²) >= 11 is 0. The van der Waals surface area contributed by atoms with Crippen LogP contribution in [0.4, 0.5) is 36.8 Å². The molecule has 2 aromatic carbocycles. The number of fused-ring (bicyclic) bond motifs is 1. The van der Waals surface area contributed by atoms with Crippen LogP contribution in [-0.2, 0) is 28.3 Å². The quantitative estimate of drug-likeness (QED) is 0.170. The van der Waals surface area contributed by atoms with Gasteiger partial charge in [-0.25, -0.2) is 14.8 Å². The van der Waals surface area contributed by atoms with Crippen molar-refractivity contribution in [3.63, 3.8) is 0 Å². The van der Waals surface area contributed by atoms with E-state index in [1.807, 2.05) is 6.92 Å². The summed E-state index contributed by atoms with van der Waals surface area (Å²) < 4.78 is 98.3. The summed E-state index contributed by atoms with van der Waals surface area (Å²) in [5.41, 5.74) is 4.29. The second-order valence-electron chi connectivity index (χ2n) is 11.0. The molecule has 1 amide bonds. The van der Waals surface area contributed by atoms with Gasteiger partial charge in [0.2, 0.25) is 0 Å². The van der Waals surface area contributed by atoms with Crippen LogP contribution in [0.2, 0.25) is 0 Å². The Balaban J connectivity index is 1.87. The van der Waals surface area contributed by atoms with Crippen molar-refractivity contribution in [2.24, 2.45) is 5.73 Å². The second kappa shape index (κ2) is 14.7. The van der Waals surface area contributed by atoms with E-state index in [0.29, 0.717) is 35.6 Å². The first kappa shape index (κ1) is 36.2. The lowest BCUT2D eigenvalue weighted by Crippen LogP contribution is -2.57. The van der Waals surface area contributed by atoms with E-state index >= 15 is 0 Å². The topological polar surface area (TPSA) is 137 Å². The number of anilines is 1. The van der Waals surface area contributed by atoms with Gasteiger partial charge >= 0.3 is 24.4 Å². The zero-order valence-corrected chi connectivity index (χ0v) is 26.2. The van der Waals surface area contributed by atoms with Gasteiger partial charge in [-0.3, -0.25) is 9.69 Å². The third-order valence-corrected chi connectivity index (χ3v) is 7.81. The molecular formula is C32H34F6N4O6. The standard InChI is InChI=1S/C32H34F6N4O6/c1-4-23-28(39)27(21-15-20(46-3)8-9-24(21)42(23)30(45)47-5-2)29-40-16-25(48-10-6-7-26(43)44)22(41-29)13-17-11-18(31(33,34)35)14-19(12-17)32(36,37)38/h8-9,11-12,14-16,23,27-28H,4-7,10,13,39H2,1-3H3,(H,43,44). The van der Waals surface area contributed by atoms with E-state index in [1.54, 1.807) is 25.1 Å². The third-order valence-electron chi connectivity index (χ3n) is 7.81. The highest BCUT2D eigenvalue weighted by Gasteiger charge is 2.44. The molecule has 0 bridgehead atoms. The number of rotatable bonds is 11. The number of alkyl halides is 6. The molecule has 0 radical (unpaired) electrons. The van der Waals surface area contributed by atoms with Gasteiger partial charge < -0.3 is 25.1 Å². The lowest BCUT2D eigenvalue weighted by Gasteiger charge is -2.43. The largest absolute Gasteiger partial charge is 0.497 e. The number of nitrogens with two attached hydrogens (primary N) is 1. The van der Waals surface area contributed by atoms with Gasteiger partial charge in [0.1, 0.15) is 11.6 Å². The van der Waals surface area contributed by atoms with E-state index in [0.717, 1.165) is 0 Å². The fourth-order valence-corrected chi connectivity index (χ4v) is 5.64. The van der Waals surface area contributed by atoms with Gasteiger partial charge in [0.25, 0.3) is 0 Å². The number of nitrogens with zero attached hydrogens (tertiary/aromatic N) is 3. The number of carbonyl (C=O) groups excluding carboxylic acids is 1. The molecule has 2 heterocycles. The first-order chi connectivity index (χ1) is 22.6. The molecule has 3 aromatic rings. The van der Waals surface area contributed by atoms with Crippen molar-refractivity contribution in [3.05, 3.63) is 76.4 Å². The molecule has 0 saturated carbocycles. The summed E-state index contributed by atoms with van der Waals surface area (Å²) in [5, 5.41) is 8.97. The number of ether oxygens (including phenoxy) is 3. The number of aromatic nitrogens is 2. The number of benzene rings is 2. The lowest BCUT2D eigenvalue weighted by atomic mass is 9.80. The number of carbonyl (C=O) groups is 2. The Morgan fingerprint density at radius 2 is 1.69 bits per heavy atom. The molecule has 260 valence electrons. The van der Waals surface area contributed by atoms with Crippen molar-refractivity contribution >= 4 is 17.7 Å². The van der Waals surface area contributed by atoms with Gasteiger partial charge in [-0.05, 0) is 67.3 Å². The molecule has 0 saturated heterocycles. The summed E-state index contributed by atoms with van der Waals surface area (Å²) in [6.07, 6.45) is -9.90. The molecule has 1 aliphatic heterocycles. The number of hydrogen-bond donors (Lipinski definition) is 2. The maximum Gasteiger partial charge on any atom is 0.416 e. The third kappa shape index (κ3) is 8.09. The van der Waals surface area contributed by atoms with Crippen molar-refractivity contribution in [1.29, 1.82) is 0 Å². The maximum atomic E-state index is 13.7. The van der Waals surface area contributed by atoms with Crippen LogP contribution in [0, 0.1) is 0 Å². The molecule has 48 heavy (non-hydrogen) atoms. The summed E-state index contributed by atoms with van der Waals surface area (Å²) in [7, 11) is 1.44. The minimum absolute atomic E-state index is 0.0315. The van der Waals surface area contributed by atoms with Crippen LogP contribution in [-0.4, -0.2) is 59.5 Å². The van der Waals surface area contributed by atoms with Crippen LogP contribution in [0.3, 0.4) is 0 Å². The Bertz CT molecular complexity index is 1600. The zero-order chi connectivity index (χ0) is 35.4. The van der Waals surface area contributed by atoms with E-state index in [-0.39, 0.29) is 55.0 Å².